The molecule has 0 heterocycles. The fourth-order valence-electron chi connectivity index (χ4n) is 3.24. The van der Waals surface area contributed by atoms with Crippen molar-refractivity contribution in [3.8, 4) is 17.2 Å². The summed E-state index contributed by atoms with van der Waals surface area (Å²) in [6.07, 6.45) is 7.73. The van der Waals surface area contributed by atoms with Gasteiger partial charge in [-0.15, -0.1) is 0 Å². The summed E-state index contributed by atoms with van der Waals surface area (Å²) in [5.41, 5.74) is 5.10. The predicted octanol–water partition coefficient (Wildman–Crippen LogP) is 5.28. The van der Waals surface area contributed by atoms with Crippen LogP contribution in [0.3, 0.4) is 0 Å². The van der Waals surface area contributed by atoms with E-state index in [0.717, 1.165) is 33.6 Å². The molecule has 5 nitrogen and oxygen atoms in total. The topological polar surface area (TPSA) is 67.2 Å². The molecule has 0 bridgehead atoms. The van der Waals surface area contributed by atoms with Crippen LogP contribution in [0.4, 0.5) is 11.4 Å². The number of aromatic hydroxyl groups is 3. The molecule has 0 atom stereocenters. The predicted molar refractivity (Wildman–Crippen MR) is 131 cm³/mol. The first kappa shape index (κ1) is 21.8. The first-order chi connectivity index (χ1) is 14.7. The van der Waals surface area contributed by atoms with Crippen molar-refractivity contribution in [3.05, 3.63) is 76.9 Å². The summed E-state index contributed by atoms with van der Waals surface area (Å²) in [5, 5.41) is 30.1. The molecule has 0 amide bonds. The summed E-state index contributed by atoms with van der Waals surface area (Å²) in [6.45, 7) is 0. The lowest BCUT2D eigenvalue weighted by atomic mass is 10.1. The molecule has 0 fully saturated rings. The Balaban J connectivity index is 1.84. The van der Waals surface area contributed by atoms with Crippen LogP contribution in [0.25, 0.3) is 24.3 Å². The van der Waals surface area contributed by atoms with Crippen LogP contribution in [-0.4, -0.2) is 43.5 Å². The lowest BCUT2D eigenvalue weighted by Crippen LogP contribution is -2.08. The highest BCUT2D eigenvalue weighted by molar-refractivity contribution is 5.77. The van der Waals surface area contributed by atoms with Crippen LogP contribution in [-0.2, 0) is 0 Å². The van der Waals surface area contributed by atoms with Gasteiger partial charge in [-0.25, -0.2) is 0 Å². The van der Waals surface area contributed by atoms with Gasteiger partial charge in [-0.05, 0) is 64.7 Å². The molecule has 0 spiro atoms. The van der Waals surface area contributed by atoms with Crippen LogP contribution < -0.4 is 9.80 Å². The molecule has 0 aliphatic carbocycles. The minimum Gasteiger partial charge on any atom is -0.508 e. The smallest absolute Gasteiger partial charge is 0.138 e. The second-order valence-corrected chi connectivity index (χ2v) is 7.81. The summed E-state index contributed by atoms with van der Waals surface area (Å²) >= 11 is 0. The molecule has 3 aromatic carbocycles. The fraction of sp³-hybridized carbons (Fsp3) is 0.154. The third-order valence-corrected chi connectivity index (χ3v) is 4.86. The maximum atomic E-state index is 10.1. The quantitative estimate of drug-likeness (QED) is 0.477. The number of rotatable bonds is 6. The van der Waals surface area contributed by atoms with Crippen LogP contribution in [0.1, 0.15) is 22.3 Å². The number of nitrogens with zero attached hydrogens (tertiary/aromatic N) is 2. The van der Waals surface area contributed by atoms with Crippen LogP contribution in [0.15, 0.2) is 54.6 Å². The zero-order chi connectivity index (χ0) is 22.5. The van der Waals surface area contributed by atoms with Gasteiger partial charge < -0.3 is 25.1 Å². The summed E-state index contributed by atoms with van der Waals surface area (Å²) in [6, 6.07) is 16.2. The van der Waals surface area contributed by atoms with Crippen LogP contribution in [0.2, 0.25) is 0 Å². The van der Waals surface area contributed by atoms with Crippen molar-refractivity contribution in [2.45, 2.75) is 0 Å². The molecule has 3 aromatic rings. The molecule has 160 valence electrons. The summed E-state index contributed by atoms with van der Waals surface area (Å²) < 4.78 is 0. The highest BCUT2D eigenvalue weighted by Crippen LogP contribution is 2.29. The summed E-state index contributed by atoms with van der Waals surface area (Å²) in [5.74, 6) is 0.651. The Morgan fingerprint density at radius 1 is 0.516 bits per heavy atom. The fourth-order valence-corrected chi connectivity index (χ4v) is 3.24. The van der Waals surface area contributed by atoms with E-state index in [1.807, 2.05) is 92.6 Å². The van der Waals surface area contributed by atoms with Crippen molar-refractivity contribution in [1.82, 2.24) is 0 Å². The number of hydrogen-bond acceptors (Lipinski definition) is 5. The number of anilines is 2. The maximum Gasteiger partial charge on any atom is 0.138 e. The second kappa shape index (κ2) is 9.30. The van der Waals surface area contributed by atoms with Gasteiger partial charge in [0.1, 0.15) is 17.2 Å². The lowest BCUT2D eigenvalue weighted by molar-refractivity contribution is 0.474. The van der Waals surface area contributed by atoms with Crippen molar-refractivity contribution in [2.24, 2.45) is 0 Å². The number of hydrogen-bond donors (Lipinski definition) is 3. The Morgan fingerprint density at radius 2 is 0.903 bits per heavy atom. The molecule has 0 aliphatic rings. The van der Waals surface area contributed by atoms with Gasteiger partial charge in [0.25, 0.3) is 0 Å². The van der Waals surface area contributed by atoms with Crippen molar-refractivity contribution in [1.29, 1.82) is 0 Å². The Bertz CT molecular complexity index is 1050. The normalized spacial score (nSPS) is 11.4. The van der Waals surface area contributed by atoms with Gasteiger partial charge in [0.2, 0.25) is 0 Å². The first-order valence-corrected chi connectivity index (χ1v) is 9.94. The van der Waals surface area contributed by atoms with E-state index >= 15 is 0 Å². The Kier molecular flexibility index (Phi) is 6.55. The number of phenols is 3. The molecule has 0 radical (unpaired) electrons. The summed E-state index contributed by atoms with van der Waals surface area (Å²) in [4.78, 5) is 3.71. The van der Waals surface area contributed by atoms with E-state index in [1.54, 1.807) is 24.3 Å². The van der Waals surface area contributed by atoms with E-state index in [2.05, 4.69) is 0 Å². The largest absolute Gasteiger partial charge is 0.508 e. The molecule has 31 heavy (non-hydrogen) atoms. The van der Waals surface area contributed by atoms with Gasteiger partial charge in [0, 0.05) is 28.2 Å². The van der Waals surface area contributed by atoms with Gasteiger partial charge in [-0.2, -0.15) is 0 Å². The third kappa shape index (κ3) is 5.60. The zero-order valence-electron chi connectivity index (χ0n) is 18.2. The van der Waals surface area contributed by atoms with E-state index in [0.29, 0.717) is 0 Å². The number of benzene rings is 3. The molecule has 0 unspecified atom stereocenters. The van der Waals surface area contributed by atoms with Crippen molar-refractivity contribution in [2.75, 3.05) is 38.0 Å². The van der Waals surface area contributed by atoms with E-state index in [9.17, 15) is 15.3 Å². The minimum absolute atomic E-state index is 0.182. The molecule has 3 rings (SSSR count). The molecule has 0 aliphatic heterocycles. The Hall–Kier alpha value is -3.86. The van der Waals surface area contributed by atoms with Crippen LogP contribution in [0, 0.1) is 0 Å². The SMILES string of the molecule is CN(C)c1cc(/C=C/c2cc(O)cc(/C=C/c3ccc(O)c(N(C)C)c3)c2)ccc1O. The molecule has 5 heteroatoms. The molecule has 3 N–H and O–H groups in total. The maximum absolute atomic E-state index is 10.1. The average Bonchev–Trinajstić information content (AvgIpc) is 2.71. The van der Waals surface area contributed by atoms with Crippen molar-refractivity contribution >= 4 is 35.7 Å². The zero-order valence-corrected chi connectivity index (χ0v) is 18.2. The minimum atomic E-state index is 0.182. The van der Waals surface area contributed by atoms with Gasteiger partial charge >= 0.3 is 0 Å². The number of phenolic OH excluding ortho intramolecular Hbond substituents is 3. The molecule has 0 aromatic heterocycles. The molecule has 0 saturated carbocycles. The third-order valence-electron chi connectivity index (χ3n) is 4.86. The van der Waals surface area contributed by atoms with E-state index in [4.69, 9.17) is 0 Å². The van der Waals surface area contributed by atoms with E-state index in [1.165, 1.54) is 0 Å². The van der Waals surface area contributed by atoms with Gasteiger partial charge in [0.15, 0.2) is 0 Å². The first-order valence-electron chi connectivity index (χ1n) is 9.94. The van der Waals surface area contributed by atoms with Crippen LogP contribution in [0.5, 0.6) is 17.2 Å². The molecular weight excluding hydrogens is 388 g/mol. The van der Waals surface area contributed by atoms with Gasteiger partial charge in [-0.1, -0.05) is 36.4 Å². The van der Waals surface area contributed by atoms with E-state index in [-0.39, 0.29) is 17.2 Å². The monoisotopic (exact) mass is 416 g/mol. The van der Waals surface area contributed by atoms with Crippen LogP contribution >= 0.6 is 0 Å². The van der Waals surface area contributed by atoms with Gasteiger partial charge in [0.05, 0.1) is 11.4 Å². The average molecular weight is 417 g/mol. The standard InChI is InChI=1S/C26H28N2O3/c1-27(2)23-16-18(9-11-25(23)30)5-7-20-13-21(15-22(29)14-20)8-6-19-10-12-26(31)24(17-19)28(3)4/h5-17,29-31H,1-4H3/b7-5+,8-6+. The Morgan fingerprint density at radius 3 is 1.29 bits per heavy atom. The second-order valence-electron chi connectivity index (χ2n) is 7.81. The molecular formula is C26H28N2O3. The lowest BCUT2D eigenvalue weighted by Gasteiger charge is -2.14. The Labute approximate surface area is 183 Å². The highest BCUT2D eigenvalue weighted by atomic mass is 16.3. The van der Waals surface area contributed by atoms with Crippen molar-refractivity contribution in [3.63, 3.8) is 0 Å². The van der Waals surface area contributed by atoms with Gasteiger partial charge in [-0.3, -0.25) is 0 Å². The highest BCUT2D eigenvalue weighted by Gasteiger charge is 2.05. The van der Waals surface area contributed by atoms with Crippen molar-refractivity contribution < 1.29 is 15.3 Å². The molecule has 0 saturated heterocycles. The summed E-state index contributed by atoms with van der Waals surface area (Å²) in [7, 11) is 7.52. The van der Waals surface area contributed by atoms with E-state index < -0.39 is 0 Å².